The van der Waals surface area contributed by atoms with Gasteiger partial charge in [0.1, 0.15) is 0 Å². The molecule has 0 aromatic rings. The number of ether oxygens (including phenoxy) is 2. The van der Waals surface area contributed by atoms with Crippen LogP contribution in [0.2, 0.25) is 0 Å². The summed E-state index contributed by atoms with van der Waals surface area (Å²) in [5.74, 6) is 4.06. The molecule has 1 spiro atoms. The molecule has 0 radical (unpaired) electrons. The molecule has 4 nitrogen and oxygen atoms in total. The Labute approximate surface area is 182 Å². The molecule has 30 heavy (non-hydrogen) atoms. The van der Waals surface area contributed by atoms with Crippen molar-refractivity contribution in [3.63, 3.8) is 0 Å². The number of hydrogen-bond donors (Lipinski definition) is 1. The number of aliphatic hydroxyl groups excluding tert-OH is 1. The van der Waals surface area contributed by atoms with Crippen molar-refractivity contribution in [1.29, 1.82) is 0 Å². The van der Waals surface area contributed by atoms with Gasteiger partial charge in [0.25, 0.3) is 0 Å². The van der Waals surface area contributed by atoms with Crippen LogP contribution in [0.1, 0.15) is 85.0 Å². The third-order valence-corrected chi connectivity index (χ3v) is 11.1. The topological polar surface area (TPSA) is 59.1 Å². The van der Waals surface area contributed by atoms with Crippen molar-refractivity contribution in [2.45, 2.75) is 96.7 Å². The SMILES string of the molecule is COC(=O)CC[C@@H](C)[C@H]1CCC2C3C(CC[C@@]21C)[C@@]1(C)CC[C@@H](O)C[C@H]1CC31CO1. The number of rotatable bonds is 4. The highest BCUT2D eigenvalue weighted by atomic mass is 16.6. The molecule has 1 aliphatic heterocycles. The summed E-state index contributed by atoms with van der Waals surface area (Å²) in [6.45, 7) is 8.46. The van der Waals surface area contributed by atoms with Gasteiger partial charge in [0.15, 0.2) is 0 Å². The summed E-state index contributed by atoms with van der Waals surface area (Å²) in [7, 11) is 1.50. The van der Waals surface area contributed by atoms with Gasteiger partial charge in [0.05, 0.1) is 25.4 Å². The zero-order chi connectivity index (χ0) is 21.3. The number of aliphatic hydroxyl groups is 1. The third kappa shape index (κ3) is 3.03. The van der Waals surface area contributed by atoms with E-state index in [9.17, 15) is 9.90 Å². The van der Waals surface area contributed by atoms with Crippen LogP contribution in [-0.4, -0.2) is 36.5 Å². The lowest BCUT2D eigenvalue weighted by Gasteiger charge is -2.63. The molecule has 4 aliphatic carbocycles. The Morgan fingerprint density at radius 2 is 1.83 bits per heavy atom. The lowest BCUT2D eigenvalue weighted by atomic mass is 9.42. The van der Waals surface area contributed by atoms with Gasteiger partial charge in [0, 0.05) is 6.42 Å². The standard InChI is InChI=1S/C26H42O4/c1-16(5-8-22(28)29-4)19-6-7-20-23-21(10-12-25(19,20)3)24(2)11-9-18(27)13-17(24)14-26(23)15-30-26/h16-21,23,27H,5-15H2,1-4H3/t16-,17+,18-,19-,20?,21?,23?,24+,25-,26?/m1/s1. The average molecular weight is 419 g/mol. The molecule has 170 valence electrons. The van der Waals surface area contributed by atoms with Crippen LogP contribution in [0.15, 0.2) is 0 Å². The smallest absolute Gasteiger partial charge is 0.305 e. The van der Waals surface area contributed by atoms with Gasteiger partial charge >= 0.3 is 5.97 Å². The third-order valence-electron chi connectivity index (χ3n) is 11.1. The van der Waals surface area contributed by atoms with Crippen molar-refractivity contribution >= 4 is 5.97 Å². The Bertz CT molecular complexity index is 687. The van der Waals surface area contributed by atoms with Crippen LogP contribution in [0.3, 0.4) is 0 Å². The molecule has 1 N–H and O–H groups in total. The first kappa shape index (κ1) is 21.2. The van der Waals surface area contributed by atoms with Gasteiger partial charge in [-0.25, -0.2) is 0 Å². The molecule has 10 atom stereocenters. The fraction of sp³-hybridized carbons (Fsp3) is 0.962. The second-order valence-electron chi connectivity index (χ2n) is 12.2. The molecule has 4 saturated carbocycles. The first-order valence-electron chi connectivity index (χ1n) is 12.6. The van der Waals surface area contributed by atoms with Crippen LogP contribution in [0.25, 0.3) is 0 Å². The molecular weight excluding hydrogens is 376 g/mol. The lowest BCUT2D eigenvalue weighted by molar-refractivity contribution is -0.159. The van der Waals surface area contributed by atoms with Gasteiger partial charge in [-0.15, -0.1) is 0 Å². The largest absolute Gasteiger partial charge is 0.469 e. The highest BCUT2D eigenvalue weighted by Crippen LogP contribution is 2.72. The highest BCUT2D eigenvalue weighted by Gasteiger charge is 2.70. The van der Waals surface area contributed by atoms with Gasteiger partial charge in [-0.2, -0.15) is 0 Å². The Kier molecular flexibility index (Phi) is 5.10. The molecule has 0 aromatic heterocycles. The first-order valence-corrected chi connectivity index (χ1v) is 12.6. The predicted molar refractivity (Wildman–Crippen MR) is 116 cm³/mol. The number of carbonyl (C=O) groups is 1. The second-order valence-corrected chi connectivity index (χ2v) is 12.2. The van der Waals surface area contributed by atoms with E-state index in [1.807, 2.05) is 0 Å². The Balaban J connectivity index is 1.39. The van der Waals surface area contributed by atoms with Gasteiger partial charge in [-0.1, -0.05) is 20.8 Å². The van der Waals surface area contributed by atoms with E-state index in [2.05, 4.69) is 20.8 Å². The minimum atomic E-state index is -0.101. The van der Waals surface area contributed by atoms with E-state index in [0.29, 0.717) is 40.9 Å². The molecule has 4 heteroatoms. The fourth-order valence-corrected chi connectivity index (χ4v) is 9.40. The molecule has 5 fully saturated rings. The number of methoxy groups -OCH3 is 1. The number of epoxide rings is 1. The molecule has 5 aliphatic rings. The maximum atomic E-state index is 11.7. The molecular formula is C26H42O4. The summed E-state index contributed by atoms with van der Waals surface area (Å²) in [6, 6.07) is 0. The predicted octanol–water partition coefficient (Wildman–Crippen LogP) is 4.97. The maximum absolute atomic E-state index is 11.7. The zero-order valence-electron chi connectivity index (χ0n) is 19.5. The Morgan fingerprint density at radius 1 is 1.13 bits per heavy atom. The fourth-order valence-electron chi connectivity index (χ4n) is 9.40. The number of carbonyl (C=O) groups excluding carboxylic acids is 1. The van der Waals surface area contributed by atoms with Crippen LogP contribution in [0, 0.1) is 46.3 Å². The second kappa shape index (κ2) is 7.20. The van der Waals surface area contributed by atoms with E-state index in [4.69, 9.17) is 9.47 Å². The van der Waals surface area contributed by atoms with E-state index in [1.165, 1.54) is 45.6 Å². The van der Waals surface area contributed by atoms with E-state index in [-0.39, 0.29) is 17.7 Å². The van der Waals surface area contributed by atoms with E-state index >= 15 is 0 Å². The van der Waals surface area contributed by atoms with E-state index in [0.717, 1.165) is 37.7 Å². The summed E-state index contributed by atoms with van der Waals surface area (Å²) in [6.07, 6.45) is 11.0. The number of esters is 1. The van der Waals surface area contributed by atoms with Crippen molar-refractivity contribution in [2.75, 3.05) is 13.7 Å². The van der Waals surface area contributed by atoms with Crippen molar-refractivity contribution in [2.24, 2.45) is 46.3 Å². The quantitative estimate of drug-likeness (QED) is 0.517. The normalized spacial score (nSPS) is 52.8. The monoisotopic (exact) mass is 418 g/mol. The van der Waals surface area contributed by atoms with Crippen molar-refractivity contribution in [1.82, 2.24) is 0 Å². The minimum Gasteiger partial charge on any atom is -0.469 e. The molecule has 0 amide bonds. The molecule has 0 aromatic carbocycles. The molecule has 1 saturated heterocycles. The summed E-state index contributed by atoms with van der Waals surface area (Å²) in [4.78, 5) is 11.7. The Hall–Kier alpha value is -0.610. The summed E-state index contributed by atoms with van der Waals surface area (Å²) < 4.78 is 11.2. The van der Waals surface area contributed by atoms with Crippen LogP contribution in [-0.2, 0) is 14.3 Å². The maximum Gasteiger partial charge on any atom is 0.305 e. The van der Waals surface area contributed by atoms with E-state index in [1.54, 1.807) is 0 Å². The van der Waals surface area contributed by atoms with Crippen molar-refractivity contribution in [3.8, 4) is 0 Å². The zero-order valence-corrected chi connectivity index (χ0v) is 19.5. The number of fused-ring (bicyclic) bond motifs is 6. The highest BCUT2D eigenvalue weighted by molar-refractivity contribution is 5.69. The van der Waals surface area contributed by atoms with Gasteiger partial charge in [-0.05, 0) is 104 Å². The molecule has 5 rings (SSSR count). The minimum absolute atomic E-state index is 0.0682. The molecule has 4 unspecified atom stereocenters. The molecule has 0 bridgehead atoms. The lowest BCUT2D eigenvalue weighted by Crippen LogP contribution is -2.60. The van der Waals surface area contributed by atoms with Gasteiger partial charge in [-0.3, -0.25) is 4.79 Å². The van der Waals surface area contributed by atoms with Gasteiger partial charge in [0.2, 0.25) is 0 Å². The van der Waals surface area contributed by atoms with Gasteiger partial charge < -0.3 is 14.6 Å². The summed E-state index contributed by atoms with van der Waals surface area (Å²) >= 11 is 0. The van der Waals surface area contributed by atoms with Crippen LogP contribution >= 0.6 is 0 Å². The van der Waals surface area contributed by atoms with Crippen LogP contribution in [0.4, 0.5) is 0 Å². The summed E-state index contributed by atoms with van der Waals surface area (Å²) in [5, 5.41) is 10.4. The summed E-state index contributed by atoms with van der Waals surface area (Å²) in [5.41, 5.74) is 0.881. The van der Waals surface area contributed by atoms with Crippen LogP contribution < -0.4 is 0 Å². The van der Waals surface area contributed by atoms with Crippen molar-refractivity contribution in [3.05, 3.63) is 0 Å². The van der Waals surface area contributed by atoms with E-state index < -0.39 is 0 Å². The first-order chi connectivity index (χ1) is 14.2. The number of hydrogen-bond acceptors (Lipinski definition) is 4. The van der Waals surface area contributed by atoms with Crippen LogP contribution in [0.5, 0.6) is 0 Å². The average Bonchev–Trinajstić information content (AvgIpc) is 3.39. The molecule has 1 heterocycles. The Morgan fingerprint density at radius 3 is 2.53 bits per heavy atom. The van der Waals surface area contributed by atoms with Crippen molar-refractivity contribution < 1.29 is 19.4 Å².